The van der Waals surface area contributed by atoms with Crippen molar-refractivity contribution in [3.63, 3.8) is 0 Å². The Bertz CT molecular complexity index is 956. The molecule has 138 valence electrons. The van der Waals surface area contributed by atoms with Crippen LogP contribution in [0.5, 0.6) is 0 Å². The lowest BCUT2D eigenvalue weighted by molar-refractivity contribution is -0.907. The third kappa shape index (κ3) is 3.81. The van der Waals surface area contributed by atoms with E-state index in [1.807, 2.05) is 42.8 Å². The van der Waals surface area contributed by atoms with Gasteiger partial charge in [-0.2, -0.15) is 10.4 Å². The van der Waals surface area contributed by atoms with Gasteiger partial charge < -0.3 is 4.90 Å². The molecule has 6 nitrogen and oxygen atoms in total. The zero-order valence-electron chi connectivity index (χ0n) is 15.5. The zero-order valence-corrected chi connectivity index (χ0v) is 16.3. The van der Waals surface area contributed by atoms with Crippen molar-refractivity contribution in [3.05, 3.63) is 52.3 Å². The van der Waals surface area contributed by atoms with E-state index in [1.54, 1.807) is 0 Å². The smallest absolute Gasteiger partial charge is 0.152 e. The van der Waals surface area contributed by atoms with Gasteiger partial charge in [0.2, 0.25) is 0 Å². The lowest BCUT2D eigenvalue weighted by Gasteiger charge is -2.16. The molecule has 2 aromatic rings. The van der Waals surface area contributed by atoms with E-state index in [4.69, 9.17) is 0 Å². The molecule has 2 heterocycles. The SMILES string of the molecule is Cc1nn([C@H]2CCS(=O)(=O)C2)c(C)c1C[NH+](C)Cc1ccccc1C#N. The number of nitriles is 1. The average molecular weight is 374 g/mol. The van der Waals surface area contributed by atoms with E-state index in [2.05, 4.69) is 18.2 Å². The fraction of sp³-hybridized carbons (Fsp3) is 0.474. The minimum atomic E-state index is -2.93. The van der Waals surface area contributed by atoms with E-state index in [1.165, 1.54) is 10.5 Å². The lowest BCUT2D eigenvalue weighted by atomic mass is 10.1. The number of hydrogen-bond donors (Lipinski definition) is 1. The van der Waals surface area contributed by atoms with Gasteiger partial charge in [0, 0.05) is 11.3 Å². The number of aromatic nitrogens is 2. The summed E-state index contributed by atoms with van der Waals surface area (Å²) < 4.78 is 25.5. The van der Waals surface area contributed by atoms with Gasteiger partial charge in [-0.05, 0) is 26.3 Å². The Balaban J connectivity index is 1.77. The van der Waals surface area contributed by atoms with Gasteiger partial charge in [-0.15, -0.1) is 0 Å². The number of sulfone groups is 1. The molecule has 26 heavy (non-hydrogen) atoms. The van der Waals surface area contributed by atoms with Crippen LogP contribution < -0.4 is 4.90 Å². The standard InChI is InChI=1S/C19H24N4O2S/c1-14-19(12-22(3)11-17-7-5-4-6-16(17)10-20)15(2)23(21-14)18-8-9-26(24,25)13-18/h4-7,18H,8-9,11-13H2,1-3H3/p+1/t18-/m0/s1. The van der Waals surface area contributed by atoms with Crippen molar-refractivity contribution in [1.29, 1.82) is 5.26 Å². The van der Waals surface area contributed by atoms with Crippen molar-refractivity contribution >= 4 is 9.84 Å². The summed E-state index contributed by atoms with van der Waals surface area (Å²) in [6.45, 7) is 5.55. The molecule has 0 bridgehead atoms. The van der Waals surface area contributed by atoms with Gasteiger partial charge in [0.25, 0.3) is 0 Å². The Morgan fingerprint density at radius 3 is 2.69 bits per heavy atom. The van der Waals surface area contributed by atoms with Gasteiger partial charge in [0.05, 0.1) is 47.5 Å². The first-order valence-corrected chi connectivity index (χ1v) is 10.7. The van der Waals surface area contributed by atoms with Crippen LogP contribution in [0.2, 0.25) is 0 Å². The number of rotatable bonds is 5. The highest BCUT2D eigenvalue weighted by atomic mass is 32.2. The van der Waals surface area contributed by atoms with Crippen molar-refractivity contribution in [2.45, 2.75) is 39.4 Å². The van der Waals surface area contributed by atoms with E-state index in [0.29, 0.717) is 12.0 Å². The third-order valence-corrected chi connectivity index (χ3v) is 6.89. The molecule has 1 aromatic carbocycles. The highest BCUT2D eigenvalue weighted by molar-refractivity contribution is 7.91. The minimum absolute atomic E-state index is 0.0490. The number of quaternary nitrogens is 1. The first-order chi connectivity index (χ1) is 12.3. The second-order valence-electron chi connectivity index (χ2n) is 7.23. The van der Waals surface area contributed by atoms with Crippen LogP contribution in [0.1, 0.15) is 40.5 Å². The van der Waals surface area contributed by atoms with Crippen molar-refractivity contribution in [2.75, 3.05) is 18.6 Å². The topological polar surface area (TPSA) is 80.2 Å². The summed E-state index contributed by atoms with van der Waals surface area (Å²) in [5.74, 6) is 0.439. The predicted octanol–water partition coefficient (Wildman–Crippen LogP) is 0.946. The van der Waals surface area contributed by atoms with E-state index in [9.17, 15) is 13.7 Å². The van der Waals surface area contributed by atoms with Gasteiger partial charge in [-0.1, -0.05) is 18.2 Å². The zero-order chi connectivity index (χ0) is 18.9. The molecule has 0 saturated carbocycles. The molecule has 1 fully saturated rings. The molecule has 2 atom stereocenters. The molecule has 0 aliphatic carbocycles. The largest absolute Gasteiger partial charge is 0.330 e. The maximum absolute atomic E-state index is 11.8. The maximum Gasteiger partial charge on any atom is 0.152 e. The number of nitrogens with one attached hydrogen (secondary N) is 1. The Morgan fingerprint density at radius 1 is 1.31 bits per heavy atom. The summed E-state index contributed by atoms with van der Waals surface area (Å²) in [4.78, 5) is 1.26. The van der Waals surface area contributed by atoms with Crippen LogP contribution in [-0.4, -0.2) is 36.8 Å². The van der Waals surface area contributed by atoms with Crippen LogP contribution in [0, 0.1) is 25.2 Å². The average Bonchev–Trinajstić information content (AvgIpc) is 3.09. The van der Waals surface area contributed by atoms with Crippen molar-refractivity contribution in [2.24, 2.45) is 0 Å². The second-order valence-corrected chi connectivity index (χ2v) is 9.46. The van der Waals surface area contributed by atoms with Gasteiger partial charge in [-0.3, -0.25) is 4.68 Å². The molecule has 1 unspecified atom stereocenters. The summed E-state index contributed by atoms with van der Waals surface area (Å²) in [7, 11) is -0.830. The van der Waals surface area contributed by atoms with E-state index in [0.717, 1.165) is 30.0 Å². The summed E-state index contributed by atoms with van der Waals surface area (Å²) in [6.07, 6.45) is 0.641. The number of aryl methyl sites for hydroxylation is 1. The number of benzene rings is 1. The van der Waals surface area contributed by atoms with E-state index >= 15 is 0 Å². The summed E-state index contributed by atoms with van der Waals surface area (Å²) in [6, 6.07) is 9.88. The lowest BCUT2D eigenvalue weighted by Crippen LogP contribution is -3.06. The Hall–Kier alpha value is -2.17. The molecule has 7 heteroatoms. The van der Waals surface area contributed by atoms with Crippen LogP contribution >= 0.6 is 0 Å². The van der Waals surface area contributed by atoms with Gasteiger partial charge in [0.15, 0.2) is 9.84 Å². The van der Waals surface area contributed by atoms with Crippen LogP contribution in [0.25, 0.3) is 0 Å². The minimum Gasteiger partial charge on any atom is -0.330 e. The van der Waals surface area contributed by atoms with E-state index in [-0.39, 0.29) is 17.5 Å². The molecule has 1 aliphatic heterocycles. The van der Waals surface area contributed by atoms with Crippen molar-refractivity contribution in [1.82, 2.24) is 9.78 Å². The Morgan fingerprint density at radius 2 is 2.04 bits per heavy atom. The van der Waals surface area contributed by atoms with Gasteiger partial charge >= 0.3 is 0 Å². The molecular formula is C19H25N4O2S+. The molecule has 1 saturated heterocycles. The summed E-state index contributed by atoms with van der Waals surface area (Å²) >= 11 is 0. The van der Waals surface area contributed by atoms with Crippen LogP contribution in [0.15, 0.2) is 24.3 Å². The fourth-order valence-electron chi connectivity index (χ4n) is 3.75. The molecule has 1 aliphatic rings. The highest BCUT2D eigenvalue weighted by Gasteiger charge is 2.31. The van der Waals surface area contributed by atoms with E-state index < -0.39 is 9.84 Å². The highest BCUT2D eigenvalue weighted by Crippen LogP contribution is 2.26. The molecule has 0 spiro atoms. The molecule has 1 N–H and O–H groups in total. The molecule has 1 aromatic heterocycles. The molecule has 3 rings (SSSR count). The predicted molar refractivity (Wildman–Crippen MR) is 99.5 cm³/mol. The first-order valence-electron chi connectivity index (χ1n) is 8.85. The van der Waals surface area contributed by atoms with Gasteiger partial charge in [0.1, 0.15) is 13.1 Å². The van der Waals surface area contributed by atoms with Crippen molar-refractivity contribution < 1.29 is 13.3 Å². The second kappa shape index (κ2) is 7.22. The summed E-state index contributed by atoms with van der Waals surface area (Å²) in [5.41, 5.74) is 4.93. The Labute approximate surface area is 155 Å². The quantitative estimate of drug-likeness (QED) is 0.846. The molecule has 0 radical (unpaired) electrons. The van der Waals surface area contributed by atoms with Crippen LogP contribution in [0.4, 0.5) is 0 Å². The molecular weight excluding hydrogens is 348 g/mol. The summed E-state index contributed by atoms with van der Waals surface area (Å²) in [5, 5.41) is 13.9. The third-order valence-electron chi connectivity index (χ3n) is 5.14. The first kappa shape index (κ1) is 18.6. The Kier molecular flexibility index (Phi) is 5.17. The van der Waals surface area contributed by atoms with Gasteiger partial charge in [-0.25, -0.2) is 8.42 Å². The van der Waals surface area contributed by atoms with Crippen molar-refractivity contribution in [3.8, 4) is 6.07 Å². The molecule has 0 amide bonds. The normalized spacial score (nSPS) is 20.0. The number of nitrogens with zero attached hydrogens (tertiary/aromatic N) is 3. The number of hydrogen-bond acceptors (Lipinski definition) is 4. The van der Waals surface area contributed by atoms with Crippen LogP contribution in [0.3, 0.4) is 0 Å². The monoisotopic (exact) mass is 373 g/mol. The van der Waals surface area contributed by atoms with Crippen LogP contribution in [-0.2, 0) is 22.9 Å². The fourth-order valence-corrected chi connectivity index (χ4v) is 5.44. The maximum atomic E-state index is 11.8.